The van der Waals surface area contributed by atoms with Crippen LogP contribution in [0.15, 0.2) is 35.3 Å². The van der Waals surface area contributed by atoms with E-state index in [1.807, 2.05) is 25.1 Å². The third kappa shape index (κ3) is 3.12. The quantitative estimate of drug-likeness (QED) is 0.809. The van der Waals surface area contributed by atoms with Crippen LogP contribution in [0.2, 0.25) is 5.02 Å². The molecule has 1 aromatic carbocycles. The summed E-state index contributed by atoms with van der Waals surface area (Å²) in [6.07, 6.45) is 3.19. The van der Waals surface area contributed by atoms with Crippen LogP contribution >= 0.6 is 27.5 Å². The summed E-state index contributed by atoms with van der Waals surface area (Å²) in [5, 5.41) is 4.80. The molecule has 0 amide bonds. The fourth-order valence-corrected chi connectivity index (χ4v) is 2.50. The van der Waals surface area contributed by atoms with Crippen LogP contribution in [-0.2, 0) is 6.54 Å². The highest BCUT2D eigenvalue weighted by atomic mass is 79.9. The van der Waals surface area contributed by atoms with Crippen LogP contribution in [0, 0.1) is 11.8 Å². The Morgan fingerprint density at radius 1 is 1.50 bits per heavy atom. The van der Waals surface area contributed by atoms with Gasteiger partial charge < -0.3 is 0 Å². The second-order valence-corrected chi connectivity index (χ2v) is 5.05. The Bertz CT molecular complexity index is 584. The van der Waals surface area contributed by atoms with E-state index in [0.717, 1.165) is 10.0 Å². The van der Waals surface area contributed by atoms with Gasteiger partial charge in [0.1, 0.15) is 12.7 Å². The van der Waals surface area contributed by atoms with Gasteiger partial charge in [-0.2, -0.15) is 5.10 Å². The van der Waals surface area contributed by atoms with Crippen molar-refractivity contribution < 1.29 is 0 Å². The molecular formula is C13H11BrClN3. The molecule has 0 saturated carbocycles. The molecule has 1 heterocycles. The van der Waals surface area contributed by atoms with Gasteiger partial charge in [0.05, 0.1) is 12.5 Å². The lowest BCUT2D eigenvalue weighted by Gasteiger charge is -2.13. The molecule has 1 unspecified atom stereocenters. The molecule has 0 radical (unpaired) electrons. The zero-order chi connectivity index (χ0) is 13.0. The number of halogens is 2. The molecule has 1 atom stereocenters. The zero-order valence-corrected chi connectivity index (χ0v) is 12.1. The van der Waals surface area contributed by atoms with Crippen molar-refractivity contribution in [1.29, 1.82) is 0 Å². The largest absolute Gasteiger partial charge is 0.251 e. The maximum atomic E-state index is 6.26. The van der Waals surface area contributed by atoms with Gasteiger partial charge >= 0.3 is 0 Å². The molecule has 0 spiro atoms. The molecule has 0 fully saturated rings. The molecule has 0 N–H and O–H groups in total. The fourth-order valence-electron chi connectivity index (χ4n) is 1.69. The normalized spacial score (nSPS) is 11.7. The van der Waals surface area contributed by atoms with Crippen LogP contribution < -0.4 is 0 Å². The summed E-state index contributed by atoms with van der Waals surface area (Å²) in [5.74, 6) is 6.11. The fraction of sp³-hybridized carbons (Fsp3) is 0.231. The first kappa shape index (κ1) is 13.1. The molecule has 1 aromatic heterocycles. The molecule has 0 aliphatic carbocycles. The highest BCUT2D eigenvalue weighted by Gasteiger charge is 2.13. The number of benzene rings is 1. The van der Waals surface area contributed by atoms with Gasteiger partial charge in [0.15, 0.2) is 0 Å². The van der Waals surface area contributed by atoms with E-state index in [1.165, 1.54) is 6.33 Å². The summed E-state index contributed by atoms with van der Waals surface area (Å²) in [6.45, 7) is 2.46. The molecule has 2 rings (SSSR count). The van der Waals surface area contributed by atoms with Gasteiger partial charge in [0.2, 0.25) is 0 Å². The summed E-state index contributed by atoms with van der Waals surface area (Å²) in [5.41, 5.74) is 1.00. The molecule has 0 saturated heterocycles. The van der Waals surface area contributed by atoms with Crippen LogP contribution in [0.4, 0.5) is 0 Å². The molecule has 92 valence electrons. The minimum atomic E-state index is 0.0114. The van der Waals surface area contributed by atoms with E-state index in [0.29, 0.717) is 11.6 Å². The minimum absolute atomic E-state index is 0.0114. The summed E-state index contributed by atoms with van der Waals surface area (Å²) < 4.78 is 2.72. The number of nitrogens with zero attached hydrogens (tertiary/aromatic N) is 3. The second kappa shape index (κ2) is 6.03. The molecule has 0 aliphatic heterocycles. The first-order valence-electron chi connectivity index (χ1n) is 5.40. The van der Waals surface area contributed by atoms with Crippen molar-refractivity contribution in [1.82, 2.24) is 14.8 Å². The second-order valence-electron chi connectivity index (χ2n) is 3.73. The first-order chi connectivity index (χ1) is 8.70. The van der Waals surface area contributed by atoms with Crippen molar-refractivity contribution in [2.75, 3.05) is 0 Å². The Balaban J connectivity index is 2.31. The van der Waals surface area contributed by atoms with Crippen molar-refractivity contribution in [3.63, 3.8) is 0 Å². The molecular weight excluding hydrogens is 314 g/mol. The standard InChI is InChI=1S/C13H11BrClN3/c1-2-3-10(7-18-9-16-8-17-18)12-5-4-11(14)6-13(12)15/h4-6,8-10H,7H2,1H3. The third-order valence-electron chi connectivity index (χ3n) is 2.49. The molecule has 5 heteroatoms. The Hall–Kier alpha value is -1.31. The Kier molecular flexibility index (Phi) is 4.40. The Morgan fingerprint density at radius 3 is 2.94 bits per heavy atom. The molecule has 2 aromatic rings. The highest BCUT2D eigenvalue weighted by molar-refractivity contribution is 9.10. The predicted octanol–water partition coefficient (Wildman–Crippen LogP) is 3.50. The average molecular weight is 325 g/mol. The topological polar surface area (TPSA) is 30.7 Å². The van der Waals surface area contributed by atoms with Gasteiger partial charge in [0.25, 0.3) is 0 Å². The van der Waals surface area contributed by atoms with Crippen LogP contribution in [-0.4, -0.2) is 14.8 Å². The van der Waals surface area contributed by atoms with E-state index in [1.54, 1.807) is 11.0 Å². The van der Waals surface area contributed by atoms with Crippen LogP contribution in [0.5, 0.6) is 0 Å². The van der Waals surface area contributed by atoms with Gasteiger partial charge in [-0.05, 0) is 24.6 Å². The van der Waals surface area contributed by atoms with Gasteiger partial charge in [-0.3, -0.25) is 4.68 Å². The average Bonchev–Trinajstić information content (AvgIpc) is 2.81. The minimum Gasteiger partial charge on any atom is -0.251 e. The van der Waals surface area contributed by atoms with E-state index in [-0.39, 0.29) is 5.92 Å². The van der Waals surface area contributed by atoms with Gasteiger partial charge in [-0.15, -0.1) is 5.92 Å². The predicted molar refractivity (Wildman–Crippen MR) is 75.4 cm³/mol. The van der Waals surface area contributed by atoms with Gasteiger partial charge in [-0.25, -0.2) is 4.98 Å². The van der Waals surface area contributed by atoms with Crippen LogP contribution in [0.3, 0.4) is 0 Å². The summed E-state index contributed by atoms with van der Waals surface area (Å²) in [4.78, 5) is 3.93. The van der Waals surface area contributed by atoms with Crippen LogP contribution in [0.25, 0.3) is 0 Å². The Morgan fingerprint density at radius 2 is 2.33 bits per heavy atom. The van der Waals surface area contributed by atoms with E-state index >= 15 is 0 Å². The lowest BCUT2D eigenvalue weighted by atomic mass is 9.99. The third-order valence-corrected chi connectivity index (χ3v) is 3.31. The van der Waals surface area contributed by atoms with E-state index in [4.69, 9.17) is 11.6 Å². The van der Waals surface area contributed by atoms with Gasteiger partial charge in [-0.1, -0.05) is 39.5 Å². The van der Waals surface area contributed by atoms with Crippen molar-refractivity contribution in [3.05, 3.63) is 45.9 Å². The summed E-state index contributed by atoms with van der Waals surface area (Å²) >= 11 is 9.65. The smallest absolute Gasteiger partial charge is 0.137 e. The Labute approximate surface area is 119 Å². The first-order valence-corrected chi connectivity index (χ1v) is 6.57. The number of hydrogen-bond donors (Lipinski definition) is 0. The molecule has 0 aliphatic rings. The van der Waals surface area contributed by atoms with Crippen molar-refractivity contribution >= 4 is 27.5 Å². The van der Waals surface area contributed by atoms with E-state index in [9.17, 15) is 0 Å². The zero-order valence-electron chi connectivity index (χ0n) is 9.77. The van der Waals surface area contributed by atoms with Gasteiger partial charge in [0, 0.05) is 9.50 Å². The monoisotopic (exact) mass is 323 g/mol. The maximum Gasteiger partial charge on any atom is 0.137 e. The lowest BCUT2D eigenvalue weighted by molar-refractivity contribution is 0.580. The number of hydrogen-bond acceptors (Lipinski definition) is 2. The van der Waals surface area contributed by atoms with E-state index in [2.05, 4.69) is 37.9 Å². The summed E-state index contributed by atoms with van der Waals surface area (Å²) in [7, 11) is 0. The SMILES string of the molecule is CC#CC(Cn1cncn1)c1ccc(Br)cc1Cl. The number of aromatic nitrogens is 3. The summed E-state index contributed by atoms with van der Waals surface area (Å²) in [6, 6.07) is 5.83. The molecule has 0 bridgehead atoms. The lowest BCUT2D eigenvalue weighted by Crippen LogP contribution is -2.08. The van der Waals surface area contributed by atoms with E-state index < -0.39 is 0 Å². The molecule has 3 nitrogen and oxygen atoms in total. The molecule has 18 heavy (non-hydrogen) atoms. The highest BCUT2D eigenvalue weighted by Crippen LogP contribution is 2.28. The van der Waals surface area contributed by atoms with Crippen molar-refractivity contribution in [3.8, 4) is 11.8 Å². The number of rotatable bonds is 3. The van der Waals surface area contributed by atoms with Crippen LogP contribution in [0.1, 0.15) is 18.4 Å². The van der Waals surface area contributed by atoms with Crippen molar-refractivity contribution in [2.45, 2.75) is 19.4 Å². The maximum absolute atomic E-state index is 6.26. The van der Waals surface area contributed by atoms with Crippen molar-refractivity contribution in [2.24, 2.45) is 0 Å².